The molecule has 1 aromatic heterocycles. The number of aromatic nitrogens is 1. The first-order valence-corrected chi connectivity index (χ1v) is 10.0. The Hall–Kier alpha value is -3.06. The first-order chi connectivity index (χ1) is 14.5. The van der Waals surface area contributed by atoms with Crippen LogP contribution in [0, 0.1) is 0 Å². The van der Waals surface area contributed by atoms with Crippen LogP contribution in [0.25, 0.3) is 6.08 Å². The second-order valence-corrected chi connectivity index (χ2v) is 7.35. The molecule has 1 aliphatic heterocycles. The Morgan fingerprint density at radius 1 is 1.20 bits per heavy atom. The van der Waals surface area contributed by atoms with E-state index in [1.54, 1.807) is 32.6 Å². The average molecular weight is 412 g/mol. The van der Waals surface area contributed by atoms with Crippen LogP contribution >= 0.6 is 0 Å². The highest BCUT2D eigenvalue weighted by atomic mass is 16.5. The predicted molar refractivity (Wildman–Crippen MR) is 117 cm³/mol. The fourth-order valence-corrected chi connectivity index (χ4v) is 3.46. The highest BCUT2D eigenvalue weighted by Gasteiger charge is 2.22. The normalized spacial score (nSPS) is 19.0. The number of carbonyl (C=O) groups excluding carboxylic acids is 1. The second-order valence-electron chi connectivity index (χ2n) is 7.35. The maximum Gasteiger partial charge on any atom is 0.244 e. The van der Waals surface area contributed by atoms with Crippen molar-refractivity contribution in [2.24, 2.45) is 0 Å². The van der Waals surface area contributed by atoms with Gasteiger partial charge in [-0.25, -0.2) is 4.98 Å². The van der Waals surface area contributed by atoms with Crippen LogP contribution in [0.3, 0.4) is 0 Å². The molecule has 2 aromatic rings. The van der Waals surface area contributed by atoms with E-state index in [1.165, 1.54) is 6.08 Å². The number of nitrogens with zero attached hydrogens (tertiary/aromatic N) is 2. The Kier molecular flexibility index (Phi) is 7.30. The van der Waals surface area contributed by atoms with Crippen molar-refractivity contribution in [2.75, 3.05) is 32.2 Å². The standard InChI is InChI=1S/C23H29N3O4/c1-16-14-26(15-17(2)30-16)22-9-5-18(12-24-22)13-25-23(27)10-6-19-11-20(28-3)7-8-21(19)29-4/h5-12,16-17H,13-15H2,1-4H3,(H,25,27)/b10-6+. The SMILES string of the molecule is COc1ccc(OC)c(/C=C/C(=O)NCc2ccc(N3CC(C)OC(C)C3)nc2)c1. The minimum Gasteiger partial charge on any atom is -0.497 e. The summed E-state index contributed by atoms with van der Waals surface area (Å²) >= 11 is 0. The molecule has 2 atom stereocenters. The summed E-state index contributed by atoms with van der Waals surface area (Å²) < 4.78 is 16.3. The van der Waals surface area contributed by atoms with Crippen molar-refractivity contribution in [3.63, 3.8) is 0 Å². The van der Waals surface area contributed by atoms with Crippen molar-refractivity contribution in [1.29, 1.82) is 0 Å². The van der Waals surface area contributed by atoms with Gasteiger partial charge in [0.05, 0.1) is 26.4 Å². The van der Waals surface area contributed by atoms with Crippen LogP contribution in [0.4, 0.5) is 5.82 Å². The van der Waals surface area contributed by atoms with Crippen molar-refractivity contribution >= 4 is 17.8 Å². The fraction of sp³-hybridized carbons (Fsp3) is 0.391. The van der Waals surface area contributed by atoms with Gasteiger partial charge in [0.2, 0.25) is 5.91 Å². The molecule has 1 aromatic carbocycles. The zero-order chi connectivity index (χ0) is 21.5. The molecule has 2 unspecified atom stereocenters. The molecule has 0 spiro atoms. The number of nitrogens with one attached hydrogen (secondary N) is 1. The van der Waals surface area contributed by atoms with Crippen molar-refractivity contribution < 1.29 is 19.0 Å². The molecule has 1 saturated heterocycles. The Labute approximate surface area is 177 Å². The molecule has 0 aliphatic carbocycles. The molecule has 1 fully saturated rings. The third-order valence-electron chi connectivity index (χ3n) is 4.87. The Morgan fingerprint density at radius 2 is 1.97 bits per heavy atom. The van der Waals surface area contributed by atoms with Gasteiger partial charge in [-0.1, -0.05) is 6.07 Å². The third kappa shape index (κ3) is 5.73. The highest BCUT2D eigenvalue weighted by molar-refractivity contribution is 5.92. The minimum absolute atomic E-state index is 0.185. The zero-order valence-electron chi connectivity index (χ0n) is 17.9. The molecule has 1 aliphatic rings. The van der Waals surface area contributed by atoms with Gasteiger partial charge in [-0.15, -0.1) is 0 Å². The number of hydrogen-bond donors (Lipinski definition) is 1. The fourth-order valence-electron chi connectivity index (χ4n) is 3.46. The molecular formula is C23H29N3O4. The van der Waals surface area contributed by atoms with Crippen molar-refractivity contribution in [3.05, 3.63) is 53.7 Å². The van der Waals surface area contributed by atoms with Gasteiger partial charge in [-0.2, -0.15) is 0 Å². The maximum absolute atomic E-state index is 12.2. The molecule has 160 valence electrons. The molecule has 0 radical (unpaired) electrons. The van der Waals surface area contributed by atoms with Crippen LogP contribution in [-0.2, 0) is 16.1 Å². The number of amides is 1. The number of methoxy groups -OCH3 is 2. The number of hydrogen-bond acceptors (Lipinski definition) is 6. The minimum atomic E-state index is -0.195. The molecule has 3 rings (SSSR count). The van der Waals surface area contributed by atoms with Crippen molar-refractivity contribution in [3.8, 4) is 11.5 Å². The molecule has 0 saturated carbocycles. The number of anilines is 1. The van der Waals surface area contributed by atoms with Crippen LogP contribution in [0.15, 0.2) is 42.6 Å². The zero-order valence-corrected chi connectivity index (χ0v) is 17.9. The molecule has 0 bridgehead atoms. The van der Waals surface area contributed by atoms with Crippen LogP contribution in [0.2, 0.25) is 0 Å². The molecule has 2 heterocycles. The Morgan fingerprint density at radius 3 is 2.60 bits per heavy atom. The van der Waals surface area contributed by atoms with E-state index in [1.807, 2.05) is 24.3 Å². The monoisotopic (exact) mass is 411 g/mol. The smallest absolute Gasteiger partial charge is 0.244 e. The predicted octanol–water partition coefficient (Wildman–Crippen LogP) is 3.04. The number of pyridine rings is 1. The number of morpholine rings is 1. The quantitative estimate of drug-likeness (QED) is 0.706. The lowest BCUT2D eigenvalue weighted by atomic mass is 10.1. The number of carbonyl (C=O) groups is 1. The van der Waals surface area contributed by atoms with E-state index >= 15 is 0 Å². The molecule has 7 nitrogen and oxygen atoms in total. The van der Waals surface area contributed by atoms with Crippen LogP contribution in [0.5, 0.6) is 11.5 Å². The van der Waals surface area contributed by atoms with Crippen LogP contribution < -0.4 is 19.7 Å². The summed E-state index contributed by atoms with van der Waals surface area (Å²) in [6.45, 7) is 6.20. The first kappa shape index (κ1) is 21.6. The van der Waals surface area contributed by atoms with Gasteiger partial charge in [-0.3, -0.25) is 4.79 Å². The highest BCUT2D eigenvalue weighted by Crippen LogP contribution is 2.25. The van der Waals surface area contributed by atoms with E-state index in [0.29, 0.717) is 18.0 Å². The van der Waals surface area contributed by atoms with E-state index in [4.69, 9.17) is 14.2 Å². The Balaban J connectivity index is 1.55. The van der Waals surface area contributed by atoms with Gasteiger partial charge in [0.1, 0.15) is 17.3 Å². The topological polar surface area (TPSA) is 72.9 Å². The third-order valence-corrected chi connectivity index (χ3v) is 4.87. The summed E-state index contributed by atoms with van der Waals surface area (Å²) in [7, 11) is 3.19. The van der Waals surface area contributed by atoms with E-state index in [-0.39, 0.29) is 18.1 Å². The molecular weight excluding hydrogens is 382 g/mol. The van der Waals surface area contributed by atoms with Gasteiger partial charge in [0, 0.05) is 37.5 Å². The lowest BCUT2D eigenvalue weighted by Crippen LogP contribution is -2.45. The number of benzene rings is 1. The van der Waals surface area contributed by atoms with Gasteiger partial charge in [-0.05, 0) is 49.8 Å². The van der Waals surface area contributed by atoms with Crippen LogP contribution in [0.1, 0.15) is 25.0 Å². The van der Waals surface area contributed by atoms with Gasteiger partial charge in [0.25, 0.3) is 0 Å². The second kappa shape index (κ2) is 10.1. The van der Waals surface area contributed by atoms with Gasteiger partial charge >= 0.3 is 0 Å². The van der Waals surface area contributed by atoms with Crippen molar-refractivity contribution in [2.45, 2.75) is 32.6 Å². The van der Waals surface area contributed by atoms with E-state index in [0.717, 1.165) is 30.0 Å². The van der Waals surface area contributed by atoms with Gasteiger partial charge in [0.15, 0.2) is 0 Å². The van der Waals surface area contributed by atoms with Gasteiger partial charge < -0.3 is 24.4 Å². The number of ether oxygens (including phenoxy) is 3. The number of rotatable bonds is 7. The van der Waals surface area contributed by atoms with E-state index in [9.17, 15) is 4.79 Å². The lowest BCUT2D eigenvalue weighted by molar-refractivity contribution is -0.116. The van der Waals surface area contributed by atoms with E-state index in [2.05, 4.69) is 29.0 Å². The summed E-state index contributed by atoms with van der Waals surface area (Å²) in [6, 6.07) is 9.41. The molecule has 1 N–H and O–H groups in total. The summed E-state index contributed by atoms with van der Waals surface area (Å²) in [5.74, 6) is 2.11. The van der Waals surface area contributed by atoms with Crippen molar-refractivity contribution in [1.82, 2.24) is 10.3 Å². The largest absolute Gasteiger partial charge is 0.497 e. The van der Waals surface area contributed by atoms with E-state index < -0.39 is 0 Å². The van der Waals surface area contributed by atoms with Crippen LogP contribution in [-0.4, -0.2) is 50.4 Å². The first-order valence-electron chi connectivity index (χ1n) is 10.0. The summed E-state index contributed by atoms with van der Waals surface area (Å²) in [4.78, 5) is 19.0. The summed E-state index contributed by atoms with van der Waals surface area (Å²) in [6.07, 6.45) is 5.36. The molecule has 30 heavy (non-hydrogen) atoms. The maximum atomic E-state index is 12.2. The molecule has 1 amide bonds. The average Bonchev–Trinajstić information content (AvgIpc) is 2.75. The lowest BCUT2D eigenvalue weighted by Gasteiger charge is -2.36. The molecule has 7 heteroatoms. The summed E-state index contributed by atoms with van der Waals surface area (Å²) in [5.41, 5.74) is 1.71. The summed E-state index contributed by atoms with van der Waals surface area (Å²) in [5, 5.41) is 2.88. The Bertz CT molecular complexity index is 873.